The van der Waals surface area contributed by atoms with E-state index in [0.29, 0.717) is 5.13 Å². The summed E-state index contributed by atoms with van der Waals surface area (Å²) in [4.78, 5) is 0. The summed E-state index contributed by atoms with van der Waals surface area (Å²) in [6, 6.07) is 18.2. The molecule has 21 heavy (non-hydrogen) atoms. The van der Waals surface area contributed by atoms with Crippen LogP contribution in [0.1, 0.15) is 16.4 Å². The molecule has 0 fully saturated rings. The quantitative estimate of drug-likeness (QED) is 0.706. The van der Waals surface area contributed by atoms with Gasteiger partial charge in [0.15, 0.2) is 4.34 Å². The Bertz CT molecular complexity index is 713. The number of hydrogen-bond acceptors (Lipinski definition) is 5. The molecule has 106 valence electrons. The van der Waals surface area contributed by atoms with Crippen LogP contribution in [0.25, 0.3) is 0 Å². The van der Waals surface area contributed by atoms with E-state index in [1.54, 1.807) is 11.8 Å². The maximum Gasteiger partial charge on any atom is 0.203 e. The number of thioether (sulfide) groups is 1. The molecule has 3 aromatic rings. The largest absolute Gasteiger partial charge is 0.374 e. The van der Waals surface area contributed by atoms with Crippen LogP contribution in [0.4, 0.5) is 5.13 Å². The third-order valence-corrected chi connectivity index (χ3v) is 5.32. The molecule has 0 spiro atoms. The highest BCUT2D eigenvalue weighted by Crippen LogP contribution is 2.41. The molecule has 0 aliphatic carbocycles. The number of nitrogen functional groups attached to an aromatic ring is 1. The number of anilines is 1. The predicted octanol–water partition coefficient (Wildman–Crippen LogP) is 4.66. The van der Waals surface area contributed by atoms with Gasteiger partial charge in [-0.05, 0) is 23.3 Å². The van der Waals surface area contributed by atoms with E-state index >= 15 is 0 Å². The maximum absolute atomic E-state index is 5.98. The molecule has 3 rings (SSSR count). The molecular weight excluding hydrogens is 322 g/mol. The van der Waals surface area contributed by atoms with Gasteiger partial charge in [-0.15, -0.1) is 10.2 Å². The van der Waals surface area contributed by atoms with Crippen molar-refractivity contribution < 1.29 is 0 Å². The van der Waals surface area contributed by atoms with Crippen molar-refractivity contribution >= 4 is 39.8 Å². The summed E-state index contributed by atoms with van der Waals surface area (Å²) < 4.78 is 0.858. The van der Waals surface area contributed by atoms with Gasteiger partial charge in [0, 0.05) is 5.02 Å². The normalized spacial score (nSPS) is 12.2. The molecule has 3 nitrogen and oxygen atoms in total. The number of hydrogen-bond donors (Lipinski definition) is 1. The van der Waals surface area contributed by atoms with E-state index < -0.39 is 0 Å². The monoisotopic (exact) mass is 333 g/mol. The molecule has 0 bridgehead atoms. The summed E-state index contributed by atoms with van der Waals surface area (Å²) >= 11 is 9.03. The number of halogens is 1. The smallest absolute Gasteiger partial charge is 0.203 e. The van der Waals surface area contributed by atoms with E-state index in [9.17, 15) is 0 Å². The summed E-state index contributed by atoms with van der Waals surface area (Å²) in [6.07, 6.45) is 0. The Morgan fingerprint density at radius 1 is 0.952 bits per heavy atom. The minimum absolute atomic E-state index is 0.135. The lowest BCUT2D eigenvalue weighted by atomic mass is 10.0. The van der Waals surface area contributed by atoms with Gasteiger partial charge in [-0.3, -0.25) is 0 Å². The molecule has 2 aromatic carbocycles. The Morgan fingerprint density at radius 2 is 1.62 bits per heavy atom. The van der Waals surface area contributed by atoms with Crippen LogP contribution in [0.3, 0.4) is 0 Å². The molecule has 0 saturated heterocycles. The summed E-state index contributed by atoms with van der Waals surface area (Å²) in [5, 5.41) is 9.33. The van der Waals surface area contributed by atoms with E-state index in [4.69, 9.17) is 17.3 Å². The van der Waals surface area contributed by atoms with Crippen molar-refractivity contribution in [2.75, 3.05) is 5.73 Å². The fraction of sp³-hybridized carbons (Fsp3) is 0.0667. The molecule has 1 atom stereocenters. The second kappa shape index (κ2) is 6.47. The van der Waals surface area contributed by atoms with E-state index in [2.05, 4.69) is 22.3 Å². The van der Waals surface area contributed by atoms with Crippen molar-refractivity contribution in [2.45, 2.75) is 9.59 Å². The first-order valence-electron chi connectivity index (χ1n) is 6.28. The predicted molar refractivity (Wildman–Crippen MR) is 89.9 cm³/mol. The van der Waals surface area contributed by atoms with Crippen LogP contribution >= 0.6 is 34.7 Å². The van der Waals surface area contributed by atoms with Crippen molar-refractivity contribution in [3.05, 3.63) is 70.7 Å². The topological polar surface area (TPSA) is 51.8 Å². The minimum Gasteiger partial charge on any atom is -0.374 e. The van der Waals surface area contributed by atoms with Crippen molar-refractivity contribution in [2.24, 2.45) is 0 Å². The standard InChI is InChI=1S/C15H12ClN3S2/c16-12-8-6-11(7-9-12)13(10-4-2-1-3-5-10)20-15-19-18-14(17)21-15/h1-9,13H,(H2,17,18). The van der Waals surface area contributed by atoms with Crippen LogP contribution in [-0.2, 0) is 0 Å². The van der Waals surface area contributed by atoms with Crippen LogP contribution in [0.2, 0.25) is 5.02 Å². The van der Waals surface area contributed by atoms with Gasteiger partial charge in [0.2, 0.25) is 5.13 Å². The van der Waals surface area contributed by atoms with Crippen molar-refractivity contribution in [3.63, 3.8) is 0 Å². The van der Waals surface area contributed by atoms with Crippen LogP contribution in [0.15, 0.2) is 58.9 Å². The van der Waals surface area contributed by atoms with Gasteiger partial charge >= 0.3 is 0 Å². The number of nitrogens with zero attached hydrogens (tertiary/aromatic N) is 2. The molecule has 0 aliphatic heterocycles. The second-order valence-corrected chi connectivity index (χ2v) is 7.16. The third-order valence-electron chi connectivity index (χ3n) is 2.92. The molecule has 1 aromatic heterocycles. The first kappa shape index (κ1) is 14.4. The number of nitrogens with two attached hydrogens (primary N) is 1. The first-order chi connectivity index (χ1) is 10.2. The van der Waals surface area contributed by atoms with Gasteiger partial charge in [-0.25, -0.2) is 0 Å². The Hall–Kier alpha value is -1.56. The molecule has 2 N–H and O–H groups in total. The van der Waals surface area contributed by atoms with E-state index in [1.807, 2.05) is 42.5 Å². The Balaban J connectivity index is 1.96. The summed E-state index contributed by atoms with van der Waals surface area (Å²) in [5.41, 5.74) is 8.04. The summed E-state index contributed by atoms with van der Waals surface area (Å²) in [5.74, 6) is 0. The summed E-state index contributed by atoms with van der Waals surface area (Å²) in [6.45, 7) is 0. The van der Waals surface area contributed by atoms with Gasteiger partial charge in [0.05, 0.1) is 5.25 Å². The minimum atomic E-state index is 0.135. The summed E-state index contributed by atoms with van der Waals surface area (Å²) in [7, 11) is 0. The third kappa shape index (κ3) is 3.56. The van der Waals surface area contributed by atoms with Gasteiger partial charge in [-0.1, -0.05) is 77.2 Å². The lowest BCUT2D eigenvalue weighted by molar-refractivity contribution is 1.01. The molecular formula is C15H12ClN3S2. The SMILES string of the molecule is Nc1nnc(SC(c2ccccc2)c2ccc(Cl)cc2)s1. The van der Waals surface area contributed by atoms with Crippen LogP contribution < -0.4 is 5.73 Å². The van der Waals surface area contributed by atoms with E-state index in [0.717, 1.165) is 9.36 Å². The fourth-order valence-corrected chi connectivity index (χ4v) is 4.04. The average molecular weight is 334 g/mol. The molecule has 0 aliphatic rings. The van der Waals surface area contributed by atoms with Crippen molar-refractivity contribution in [1.29, 1.82) is 0 Å². The molecule has 1 unspecified atom stereocenters. The van der Waals surface area contributed by atoms with Crippen LogP contribution in [-0.4, -0.2) is 10.2 Å². The average Bonchev–Trinajstić information content (AvgIpc) is 2.92. The van der Waals surface area contributed by atoms with Crippen molar-refractivity contribution in [3.8, 4) is 0 Å². The first-order valence-corrected chi connectivity index (χ1v) is 8.36. The molecule has 6 heteroatoms. The Kier molecular flexibility index (Phi) is 4.43. The van der Waals surface area contributed by atoms with Gasteiger partial charge in [-0.2, -0.15) is 0 Å². The zero-order valence-electron chi connectivity index (χ0n) is 10.9. The Morgan fingerprint density at radius 3 is 2.24 bits per heavy atom. The molecule has 0 amide bonds. The zero-order valence-corrected chi connectivity index (χ0v) is 13.3. The zero-order chi connectivity index (χ0) is 14.7. The van der Waals surface area contributed by atoms with Gasteiger partial charge in [0.25, 0.3) is 0 Å². The van der Waals surface area contributed by atoms with E-state index in [1.165, 1.54) is 22.5 Å². The fourth-order valence-electron chi connectivity index (χ4n) is 1.96. The van der Waals surface area contributed by atoms with Gasteiger partial charge in [0.1, 0.15) is 0 Å². The lowest BCUT2D eigenvalue weighted by Gasteiger charge is -2.16. The number of rotatable bonds is 4. The second-order valence-electron chi connectivity index (χ2n) is 4.37. The van der Waals surface area contributed by atoms with Gasteiger partial charge < -0.3 is 5.73 Å². The van der Waals surface area contributed by atoms with Crippen molar-refractivity contribution in [1.82, 2.24) is 10.2 Å². The highest BCUT2D eigenvalue weighted by Gasteiger charge is 2.18. The highest BCUT2D eigenvalue weighted by molar-refractivity contribution is 8.01. The number of benzene rings is 2. The Labute approximate surface area is 136 Å². The molecule has 0 radical (unpaired) electrons. The van der Waals surface area contributed by atoms with E-state index in [-0.39, 0.29) is 5.25 Å². The molecule has 1 heterocycles. The number of aromatic nitrogens is 2. The van der Waals surface area contributed by atoms with Crippen LogP contribution in [0.5, 0.6) is 0 Å². The molecule has 0 saturated carbocycles. The maximum atomic E-state index is 5.98. The lowest BCUT2D eigenvalue weighted by Crippen LogP contribution is -1.96. The van der Waals surface area contributed by atoms with Crippen LogP contribution in [0, 0.1) is 0 Å². The highest BCUT2D eigenvalue weighted by atomic mass is 35.5.